The lowest BCUT2D eigenvalue weighted by Crippen LogP contribution is -2.37. The summed E-state index contributed by atoms with van der Waals surface area (Å²) in [6.07, 6.45) is 2.34. The molecule has 1 fully saturated rings. The van der Waals surface area contributed by atoms with Crippen LogP contribution in [0.25, 0.3) is 39.8 Å². The molecule has 0 spiro atoms. The van der Waals surface area contributed by atoms with Gasteiger partial charge in [-0.05, 0) is 26.2 Å². The summed E-state index contributed by atoms with van der Waals surface area (Å²) in [5.41, 5.74) is 3.39. The summed E-state index contributed by atoms with van der Waals surface area (Å²) in [5.74, 6) is 3.71. The molecule has 1 saturated heterocycles. The predicted molar refractivity (Wildman–Crippen MR) is 141 cm³/mol. The average molecular weight is 502 g/mol. The number of aromatic nitrogens is 9. The Balaban J connectivity index is 1.57. The van der Waals surface area contributed by atoms with E-state index in [1.807, 2.05) is 48.6 Å². The summed E-state index contributed by atoms with van der Waals surface area (Å²) < 4.78 is 11.6. The van der Waals surface area contributed by atoms with Crippen molar-refractivity contribution in [2.45, 2.75) is 19.9 Å². The van der Waals surface area contributed by atoms with Crippen molar-refractivity contribution in [3.05, 3.63) is 36.4 Å². The van der Waals surface area contributed by atoms with Crippen LogP contribution in [0.3, 0.4) is 0 Å². The van der Waals surface area contributed by atoms with Gasteiger partial charge in [0.05, 0.1) is 30.8 Å². The molecule has 1 aliphatic rings. The summed E-state index contributed by atoms with van der Waals surface area (Å²) in [5, 5.41) is 4.45. The molecule has 0 N–H and O–H groups in total. The molecule has 37 heavy (non-hydrogen) atoms. The molecule has 6 rings (SSSR count). The van der Waals surface area contributed by atoms with E-state index in [-0.39, 0.29) is 0 Å². The van der Waals surface area contributed by atoms with Gasteiger partial charge >= 0.3 is 0 Å². The second-order valence-corrected chi connectivity index (χ2v) is 9.43. The van der Waals surface area contributed by atoms with E-state index in [0.29, 0.717) is 37.4 Å². The summed E-state index contributed by atoms with van der Waals surface area (Å²) in [7, 11) is 6.06. The number of aryl methyl sites for hydroxylation is 2. The van der Waals surface area contributed by atoms with Crippen molar-refractivity contribution in [1.82, 2.24) is 48.7 Å². The van der Waals surface area contributed by atoms with Gasteiger partial charge in [0.1, 0.15) is 12.2 Å². The van der Waals surface area contributed by atoms with Crippen LogP contribution in [0.15, 0.2) is 30.6 Å². The summed E-state index contributed by atoms with van der Waals surface area (Å²) in [6.45, 7) is 6.42. The second kappa shape index (κ2) is 9.52. The van der Waals surface area contributed by atoms with Crippen LogP contribution >= 0.6 is 0 Å². The zero-order chi connectivity index (χ0) is 25.5. The maximum absolute atomic E-state index is 5.63. The molecule has 1 aromatic carbocycles. The molecule has 5 heterocycles. The maximum Gasteiger partial charge on any atom is 0.239 e. The highest BCUT2D eigenvalue weighted by Crippen LogP contribution is 2.30. The van der Waals surface area contributed by atoms with E-state index in [1.54, 1.807) is 6.33 Å². The standard InChI is InChI=1S/C25H31N11O/c1-5-19-28-17-8-6-7-9-18(17)36(19)25-30-21-20(22(31-25)34-12-14-37-15-13-34)29-24(33(21)4)23-26-16-27-35(23)11-10-32(2)3/h6-9,16H,5,10-15H2,1-4H3. The van der Waals surface area contributed by atoms with E-state index in [2.05, 4.69) is 37.4 Å². The minimum atomic E-state index is 0.586. The van der Waals surface area contributed by atoms with Gasteiger partial charge in [-0.3, -0.25) is 4.57 Å². The lowest BCUT2D eigenvalue weighted by molar-refractivity contribution is 0.122. The van der Waals surface area contributed by atoms with E-state index >= 15 is 0 Å². The van der Waals surface area contributed by atoms with E-state index in [1.165, 1.54) is 0 Å². The zero-order valence-electron chi connectivity index (χ0n) is 21.7. The molecule has 12 nitrogen and oxygen atoms in total. The first-order valence-electron chi connectivity index (χ1n) is 12.6. The molecule has 12 heteroatoms. The summed E-state index contributed by atoms with van der Waals surface area (Å²) in [6, 6.07) is 8.10. The predicted octanol–water partition coefficient (Wildman–Crippen LogP) is 1.92. The number of benzene rings is 1. The third-order valence-corrected chi connectivity index (χ3v) is 6.72. The Morgan fingerprint density at radius 2 is 1.81 bits per heavy atom. The number of anilines is 1. The third kappa shape index (κ3) is 4.11. The van der Waals surface area contributed by atoms with Crippen LogP contribution in [0.1, 0.15) is 12.7 Å². The first-order chi connectivity index (χ1) is 18.0. The molecular formula is C25H31N11O. The molecule has 0 atom stereocenters. The molecule has 0 aliphatic carbocycles. The van der Waals surface area contributed by atoms with Gasteiger partial charge < -0.3 is 19.1 Å². The largest absolute Gasteiger partial charge is 0.378 e. The number of morpholine rings is 1. The van der Waals surface area contributed by atoms with Crippen molar-refractivity contribution >= 4 is 28.0 Å². The fourth-order valence-electron chi connectivity index (χ4n) is 4.76. The minimum Gasteiger partial charge on any atom is -0.378 e. The number of hydrogen-bond acceptors (Lipinski definition) is 9. The highest BCUT2D eigenvalue weighted by Gasteiger charge is 2.26. The Labute approximate surface area is 214 Å². The van der Waals surface area contributed by atoms with Gasteiger partial charge in [0.25, 0.3) is 0 Å². The van der Waals surface area contributed by atoms with Gasteiger partial charge in [0, 0.05) is 33.1 Å². The Kier molecular flexibility index (Phi) is 6.05. The van der Waals surface area contributed by atoms with Crippen LogP contribution in [0.4, 0.5) is 5.82 Å². The molecule has 0 amide bonds. The lowest BCUT2D eigenvalue weighted by Gasteiger charge is -2.28. The van der Waals surface area contributed by atoms with Gasteiger partial charge in [0.2, 0.25) is 5.95 Å². The van der Waals surface area contributed by atoms with E-state index in [9.17, 15) is 0 Å². The minimum absolute atomic E-state index is 0.586. The van der Waals surface area contributed by atoms with Gasteiger partial charge in [-0.25, -0.2) is 19.6 Å². The van der Waals surface area contributed by atoms with Crippen molar-refractivity contribution in [1.29, 1.82) is 0 Å². The third-order valence-electron chi connectivity index (χ3n) is 6.72. The van der Waals surface area contributed by atoms with E-state index < -0.39 is 0 Å². The van der Waals surface area contributed by atoms with Crippen LogP contribution in [0.5, 0.6) is 0 Å². The SMILES string of the molecule is CCc1nc2ccccc2n1-c1nc(N2CCOCC2)c2nc(-c3ncnn3CCN(C)C)n(C)c2n1. The zero-order valence-corrected chi connectivity index (χ0v) is 21.7. The van der Waals surface area contributed by atoms with Crippen molar-refractivity contribution in [3.8, 4) is 17.6 Å². The summed E-state index contributed by atoms with van der Waals surface area (Å²) >= 11 is 0. The topological polar surface area (TPSA) is 108 Å². The van der Waals surface area contributed by atoms with Crippen LogP contribution in [0.2, 0.25) is 0 Å². The monoisotopic (exact) mass is 501 g/mol. The van der Waals surface area contributed by atoms with Gasteiger partial charge in [-0.1, -0.05) is 19.1 Å². The first-order valence-corrected chi connectivity index (χ1v) is 12.6. The molecule has 0 saturated carbocycles. The van der Waals surface area contributed by atoms with E-state index in [0.717, 1.165) is 59.9 Å². The van der Waals surface area contributed by atoms with Gasteiger partial charge in [-0.2, -0.15) is 15.1 Å². The maximum atomic E-state index is 5.63. The van der Waals surface area contributed by atoms with Crippen LogP contribution in [-0.4, -0.2) is 95.7 Å². The van der Waals surface area contributed by atoms with Gasteiger partial charge in [-0.15, -0.1) is 0 Å². The Bertz CT molecular complexity index is 1560. The summed E-state index contributed by atoms with van der Waals surface area (Å²) in [4.78, 5) is 28.9. The highest BCUT2D eigenvalue weighted by atomic mass is 16.5. The number of para-hydroxylation sites is 2. The molecule has 0 radical (unpaired) electrons. The number of rotatable bonds is 7. The molecule has 0 bridgehead atoms. The lowest BCUT2D eigenvalue weighted by atomic mass is 10.3. The fraction of sp³-hybridized carbons (Fsp3) is 0.440. The molecular weight excluding hydrogens is 470 g/mol. The molecule has 0 unspecified atom stereocenters. The Morgan fingerprint density at radius 3 is 2.59 bits per heavy atom. The smallest absolute Gasteiger partial charge is 0.239 e. The Hall–Kier alpha value is -3.90. The fourth-order valence-corrected chi connectivity index (χ4v) is 4.76. The molecule has 5 aromatic rings. The van der Waals surface area contributed by atoms with Crippen molar-refractivity contribution < 1.29 is 4.74 Å². The number of hydrogen-bond donors (Lipinski definition) is 0. The van der Waals surface area contributed by atoms with Crippen LogP contribution in [-0.2, 0) is 24.8 Å². The number of nitrogens with zero attached hydrogens (tertiary/aromatic N) is 11. The average Bonchev–Trinajstić information content (AvgIpc) is 3.62. The Morgan fingerprint density at radius 1 is 1.00 bits per heavy atom. The first kappa shape index (κ1) is 23.5. The number of ether oxygens (including phenoxy) is 1. The van der Waals surface area contributed by atoms with Crippen molar-refractivity contribution in [3.63, 3.8) is 0 Å². The van der Waals surface area contributed by atoms with E-state index in [4.69, 9.17) is 24.7 Å². The number of imidazole rings is 2. The highest BCUT2D eigenvalue weighted by molar-refractivity contribution is 5.88. The number of fused-ring (bicyclic) bond motifs is 2. The molecule has 192 valence electrons. The number of likely N-dealkylation sites (N-methyl/N-ethyl adjacent to an activating group) is 1. The van der Waals surface area contributed by atoms with Crippen LogP contribution in [0, 0.1) is 0 Å². The van der Waals surface area contributed by atoms with Gasteiger partial charge in [0.15, 0.2) is 28.6 Å². The quantitative estimate of drug-likeness (QED) is 0.330. The molecule has 1 aliphatic heterocycles. The molecule has 4 aromatic heterocycles. The second-order valence-electron chi connectivity index (χ2n) is 9.43. The van der Waals surface area contributed by atoms with Crippen molar-refractivity contribution in [2.75, 3.05) is 51.8 Å². The van der Waals surface area contributed by atoms with Crippen molar-refractivity contribution in [2.24, 2.45) is 7.05 Å². The normalized spacial score (nSPS) is 14.5. The van der Waals surface area contributed by atoms with Crippen LogP contribution < -0.4 is 4.90 Å².